The van der Waals surface area contributed by atoms with Gasteiger partial charge in [0.1, 0.15) is 5.82 Å². The van der Waals surface area contributed by atoms with Crippen LogP contribution in [-0.4, -0.2) is 18.0 Å². The number of esters is 1. The highest BCUT2D eigenvalue weighted by Crippen LogP contribution is 2.27. The maximum Gasteiger partial charge on any atom is 0.306 e. The summed E-state index contributed by atoms with van der Waals surface area (Å²) in [5.74, 6) is -1.03. The molecule has 0 unspecified atom stereocenters. The van der Waals surface area contributed by atoms with Gasteiger partial charge in [-0.25, -0.2) is 4.39 Å². The van der Waals surface area contributed by atoms with Gasteiger partial charge in [-0.1, -0.05) is 25.0 Å². The van der Waals surface area contributed by atoms with Gasteiger partial charge in [0.15, 0.2) is 6.10 Å². The van der Waals surface area contributed by atoms with E-state index in [4.69, 9.17) is 4.74 Å². The highest BCUT2D eigenvalue weighted by atomic mass is 19.1. The van der Waals surface area contributed by atoms with Crippen molar-refractivity contribution in [2.45, 2.75) is 45.1 Å². The van der Waals surface area contributed by atoms with E-state index in [9.17, 15) is 14.0 Å². The summed E-state index contributed by atoms with van der Waals surface area (Å²) in [5.41, 5.74) is 0.0844. The van der Waals surface area contributed by atoms with Crippen LogP contribution in [0.2, 0.25) is 0 Å². The predicted molar refractivity (Wildman–Crippen MR) is 77.2 cm³/mol. The van der Waals surface area contributed by atoms with E-state index >= 15 is 0 Å². The van der Waals surface area contributed by atoms with E-state index in [1.165, 1.54) is 25.1 Å². The average molecular weight is 293 g/mol. The molecule has 114 valence electrons. The molecule has 0 saturated heterocycles. The standard InChI is InChI=1S/C16H20FNO3/c1-11(21-15(19)10-12-6-2-3-7-12)16(20)18-14-9-5-4-8-13(14)17/h4-5,8-9,11-12H,2-3,6-7,10H2,1H3,(H,18,20)/t11-/m1/s1. The number of ether oxygens (including phenoxy) is 1. The van der Waals surface area contributed by atoms with Gasteiger partial charge in [-0.05, 0) is 37.8 Å². The van der Waals surface area contributed by atoms with Crippen LogP contribution in [0.15, 0.2) is 24.3 Å². The van der Waals surface area contributed by atoms with Gasteiger partial charge < -0.3 is 10.1 Å². The van der Waals surface area contributed by atoms with Crippen LogP contribution >= 0.6 is 0 Å². The predicted octanol–water partition coefficient (Wildman–Crippen LogP) is 3.28. The molecule has 5 heteroatoms. The van der Waals surface area contributed by atoms with Gasteiger partial charge in [-0.2, -0.15) is 0 Å². The first-order chi connectivity index (χ1) is 10.1. The molecule has 0 aromatic heterocycles. The van der Waals surface area contributed by atoms with Crippen molar-refractivity contribution in [3.8, 4) is 0 Å². The summed E-state index contributed by atoms with van der Waals surface area (Å²) in [5, 5.41) is 2.42. The van der Waals surface area contributed by atoms with Gasteiger partial charge in [-0.3, -0.25) is 9.59 Å². The van der Waals surface area contributed by atoms with E-state index in [0.717, 1.165) is 25.7 Å². The Balaban J connectivity index is 1.81. The zero-order valence-corrected chi connectivity index (χ0v) is 12.1. The fourth-order valence-electron chi connectivity index (χ4n) is 2.55. The maximum absolute atomic E-state index is 13.4. The lowest BCUT2D eigenvalue weighted by molar-refractivity contribution is -0.154. The normalized spacial score (nSPS) is 16.5. The Morgan fingerprint density at radius 3 is 2.67 bits per heavy atom. The summed E-state index contributed by atoms with van der Waals surface area (Å²) in [6.07, 6.45) is 3.83. The zero-order valence-electron chi connectivity index (χ0n) is 12.1. The molecule has 4 nitrogen and oxygen atoms in total. The van der Waals surface area contributed by atoms with Gasteiger partial charge in [0.25, 0.3) is 5.91 Å². The van der Waals surface area contributed by atoms with Gasteiger partial charge >= 0.3 is 5.97 Å². The van der Waals surface area contributed by atoms with Gasteiger partial charge in [0.2, 0.25) is 0 Å². The number of amides is 1. The number of rotatable bonds is 5. The van der Waals surface area contributed by atoms with Crippen molar-refractivity contribution >= 4 is 17.6 Å². The molecule has 21 heavy (non-hydrogen) atoms. The summed E-state index contributed by atoms with van der Waals surface area (Å²) in [6.45, 7) is 1.49. The average Bonchev–Trinajstić information content (AvgIpc) is 2.93. The molecule has 1 aliphatic carbocycles. The van der Waals surface area contributed by atoms with E-state index in [0.29, 0.717) is 12.3 Å². The van der Waals surface area contributed by atoms with E-state index in [1.807, 2.05) is 0 Å². The number of hydrogen-bond donors (Lipinski definition) is 1. The summed E-state index contributed by atoms with van der Waals surface area (Å²) < 4.78 is 18.5. The number of carbonyl (C=O) groups is 2. The summed E-state index contributed by atoms with van der Waals surface area (Å²) in [7, 11) is 0. The van der Waals surface area contributed by atoms with Gasteiger partial charge in [0, 0.05) is 6.42 Å². The number of carbonyl (C=O) groups excluding carboxylic acids is 2. The van der Waals surface area contributed by atoms with Crippen molar-refractivity contribution in [1.82, 2.24) is 0 Å². The van der Waals surface area contributed by atoms with E-state index in [1.54, 1.807) is 6.07 Å². The molecule has 1 amide bonds. The summed E-state index contributed by atoms with van der Waals surface area (Å²) >= 11 is 0. The molecule has 1 aliphatic rings. The molecule has 1 fully saturated rings. The Hall–Kier alpha value is -1.91. The summed E-state index contributed by atoms with van der Waals surface area (Å²) in [4.78, 5) is 23.6. The van der Waals surface area contributed by atoms with Crippen molar-refractivity contribution in [3.63, 3.8) is 0 Å². The highest BCUT2D eigenvalue weighted by Gasteiger charge is 2.23. The highest BCUT2D eigenvalue weighted by molar-refractivity contribution is 5.95. The van der Waals surface area contributed by atoms with Crippen molar-refractivity contribution in [3.05, 3.63) is 30.1 Å². The Morgan fingerprint density at radius 2 is 2.00 bits per heavy atom. The molecular formula is C16H20FNO3. The van der Waals surface area contributed by atoms with Crippen LogP contribution in [0.1, 0.15) is 39.0 Å². The Labute approximate surface area is 123 Å². The summed E-state index contributed by atoms with van der Waals surface area (Å²) in [6, 6.07) is 5.87. The van der Waals surface area contributed by atoms with Crippen LogP contribution in [0.4, 0.5) is 10.1 Å². The fourth-order valence-corrected chi connectivity index (χ4v) is 2.55. The number of nitrogens with one attached hydrogen (secondary N) is 1. The number of benzene rings is 1. The minimum atomic E-state index is -0.932. The first-order valence-electron chi connectivity index (χ1n) is 7.31. The third-order valence-electron chi connectivity index (χ3n) is 3.74. The molecular weight excluding hydrogens is 273 g/mol. The molecule has 0 spiro atoms. The first-order valence-corrected chi connectivity index (χ1v) is 7.31. The maximum atomic E-state index is 13.4. The van der Waals surface area contributed by atoms with Crippen LogP contribution in [0.25, 0.3) is 0 Å². The first kappa shape index (κ1) is 15.5. The van der Waals surface area contributed by atoms with E-state index < -0.39 is 17.8 Å². The van der Waals surface area contributed by atoms with Gasteiger partial charge in [-0.15, -0.1) is 0 Å². The van der Waals surface area contributed by atoms with Crippen molar-refractivity contribution in [1.29, 1.82) is 0 Å². The lowest BCUT2D eigenvalue weighted by atomic mass is 10.0. The molecule has 1 N–H and O–H groups in total. The molecule has 0 heterocycles. The fraction of sp³-hybridized carbons (Fsp3) is 0.500. The smallest absolute Gasteiger partial charge is 0.306 e. The second-order valence-corrected chi connectivity index (χ2v) is 5.46. The monoisotopic (exact) mass is 293 g/mol. The second-order valence-electron chi connectivity index (χ2n) is 5.46. The van der Waals surface area contributed by atoms with E-state index in [2.05, 4.69) is 5.32 Å². The van der Waals surface area contributed by atoms with Crippen LogP contribution in [0.5, 0.6) is 0 Å². The van der Waals surface area contributed by atoms with Crippen LogP contribution in [0.3, 0.4) is 0 Å². The SMILES string of the molecule is C[C@@H](OC(=O)CC1CCCC1)C(=O)Nc1ccccc1F. The molecule has 0 aliphatic heterocycles. The second kappa shape index (κ2) is 7.20. The quantitative estimate of drug-likeness (QED) is 0.848. The molecule has 1 aromatic carbocycles. The molecule has 1 atom stereocenters. The molecule has 0 radical (unpaired) electrons. The topological polar surface area (TPSA) is 55.4 Å². The number of hydrogen-bond acceptors (Lipinski definition) is 3. The largest absolute Gasteiger partial charge is 0.453 e. The number of para-hydroxylation sites is 1. The lowest BCUT2D eigenvalue weighted by Crippen LogP contribution is -2.30. The van der Waals surface area contributed by atoms with Crippen molar-refractivity contribution in [2.75, 3.05) is 5.32 Å². The number of anilines is 1. The van der Waals surface area contributed by atoms with Crippen LogP contribution < -0.4 is 5.32 Å². The third-order valence-corrected chi connectivity index (χ3v) is 3.74. The molecule has 0 bridgehead atoms. The zero-order chi connectivity index (χ0) is 15.2. The van der Waals surface area contributed by atoms with E-state index in [-0.39, 0.29) is 11.7 Å². The molecule has 1 saturated carbocycles. The minimum Gasteiger partial charge on any atom is -0.453 e. The molecule has 2 rings (SSSR count). The Bertz CT molecular complexity index is 512. The van der Waals surface area contributed by atoms with Crippen molar-refractivity contribution in [2.24, 2.45) is 5.92 Å². The van der Waals surface area contributed by atoms with Gasteiger partial charge in [0.05, 0.1) is 5.69 Å². The minimum absolute atomic E-state index is 0.0844. The van der Waals surface area contributed by atoms with Crippen LogP contribution in [0, 0.1) is 11.7 Å². The third kappa shape index (κ3) is 4.55. The Kier molecular flexibility index (Phi) is 5.31. The Morgan fingerprint density at radius 1 is 1.33 bits per heavy atom. The van der Waals surface area contributed by atoms with Crippen LogP contribution in [-0.2, 0) is 14.3 Å². The van der Waals surface area contributed by atoms with Crippen molar-refractivity contribution < 1.29 is 18.7 Å². The molecule has 1 aromatic rings. The number of halogens is 1. The lowest BCUT2D eigenvalue weighted by Gasteiger charge is -2.15.